The van der Waals surface area contributed by atoms with Gasteiger partial charge in [-0.05, 0) is 86.0 Å². The molecule has 0 bridgehead atoms. The van der Waals surface area contributed by atoms with Gasteiger partial charge in [0.25, 0.3) is 15.9 Å². The molecule has 170 valence electrons. The van der Waals surface area contributed by atoms with Gasteiger partial charge >= 0.3 is 5.69 Å². The molecule has 4 aromatic rings. The Balaban J connectivity index is 1.46. The van der Waals surface area contributed by atoms with Gasteiger partial charge < -0.3 is 15.3 Å². The highest BCUT2D eigenvalue weighted by Gasteiger charge is 2.17. The SMILES string of the molecule is Cc1ccc(NS(=O)(=O)c2ccc(C(=O)NC(C)c3ccc4[nH]c(=O)[nH]c4c3)cc2)cc1C. The maximum absolute atomic E-state index is 12.7. The Morgan fingerprint density at radius 2 is 1.58 bits per heavy atom. The summed E-state index contributed by atoms with van der Waals surface area (Å²) in [5.74, 6) is -0.337. The van der Waals surface area contributed by atoms with Gasteiger partial charge in [0.05, 0.1) is 22.0 Å². The first kappa shape index (κ1) is 22.3. The molecule has 0 radical (unpaired) electrons. The zero-order valence-electron chi connectivity index (χ0n) is 18.4. The number of aryl methyl sites for hydroxylation is 2. The highest BCUT2D eigenvalue weighted by molar-refractivity contribution is 7.92. The van der Waals surface area contributed by atoms with Crippen molar-refractivity contribution in [3.05, 3.63) is 93.4 Å². The number of H-pyrrole nitrogens is 2. The fraction of sp³-hybridized carbons (Fsp3) is 0.167. The molecular formula is C24H24N4O4S. The van der Waals surface area contributed by atoms with E-state index in [1.165, 1.54) is 24.3 Å². The third kappa shape index (κ3) is 4.83. The summed E-state index contributed by atoms with van der Waals surface area (Å²) >= 11 is 0. The van der Waals surface area contributed by atoms with E-state index in [1.54, 1.807) is 24.3 Å². The number of fused-ring (bicyclic) bond motifs is 1. The first-order chi connectivity index (χ1) is 15.6. The second-order valence-corrected chi connectivity index (χ2v) is 9.69. The summed E-state index contributed by atoms with van der Waals surface area (Å²) in [6.45, 7) is 5.70. The van der Waals surface area contributed by atoms with E-state index >= 15 is 0 Å². The predicted molar refractivity (Wildman–Crippen MR) is 128 cm³/mol. The van der Waals surface area contributed by atoms with Gasteiger partial charge in [0.2, 0.25) is 0 Å². The Kier molecular flexibility index (Phi) is 5.82. The molecule has 0 aliphatic carbocycles. The van der Waals surface area contributed by atoms with Crippen LogP contribution in [0, 0.1) is 13.8 Å². The lowest BCUT2D eigenvalue weighted by Crippen LogP contribution is -2.26. The van der Waals surface area contributed by atoms with Crippen LogP contribution in [0.25, 0.3) is 11.0 Å². The number of nitrogens with one attached hydrogen (secondary N) is 4. The fourth-order valence-electron chi connectivity index (χ4n) is 3.49. The van der Waals surface area contributed by atoms with E-state index in [9.17, 15) is 18.0 Å². The number of rotatable bonds is 6. The van der Waals surface area contributed by atoms with E-state index in [-0.39, 0.29) is 22.5 Å². The van der Waals surface area contributed by atoms with Crippen LogP contribution < -0.4 is 15.7 Å². The lowest BCUT2D eigenvalue weighted by molar-refractivity contribution is 0.0940. The quantitative estimate of drug-likeness (QED) is 0.347. The molecule has 0 aliphatic rings. The van der Waals surface area contributed by atoms with E-state index < -0.39 is 10.0 Å². The Morgan fingerprint density at radius 1 is 0.879 bits per heavy atom. The molecule has 1 unspecified atom stereocenters. The molecular weight excluding hydrogens is 440 g/mol. The molecule has 8 nitrogen and oxygen atoms in total. The summed E-state index contributed by atoms with van der Waals surface area (Å²) in [6, 6.07) is 16.2. The van der Waals surface area contributed by atoms with Crippen LogP contribution in [-0.2, 0) is 10.0 Å². The van der Waals surface area contributed by atoms with Crippen LogP contribution in [0.3, 0.4) is 0 Å². The van der Waals surface area contributed by atoms with E-state index in [2.05, 4.69) is 20.0 Å². The van der Waals surface area contributed by atoms with Crippen LogP contribution >= 0.6 is 0 Å². The van der Waals surface area contributed by atoms with E-state index in [4.69, 9.17) is 0 Å². The number of aromatic amines is 2. The molecule has 9 heteroatoms. The normalized spacial score (nSPS) is 12.5. The zero-order valence-corrected chi connectivity index (χ0v) is 19.2. The van der Waals surface area contributed by atoms with Gasteiger partial charge in [-0.1, -0.05) is 12.1 Å². The molecule has 1 heterocycles. The molecule has 1 amide bonds. The van der Waals surface area contributed by atoms with Crippen LogP contribution in [-0.4, -0.2) is 24.3 Å². The Hall–Kier alpha value is -3.85. The first-order valence-electron chi connectivity index (χ1n) is 10.4. The molecule has 4 N–H and O–H groups in total. The average Bonchev–Trinajstić information content (AvgIpc) is 3.15. The number of carbonyl (C=O) groups excluding carboxylic acids is 1. The second-order valence-electron chi connectivity index (χ2n) is 8.01. The number of imidazole rings is 1. The predicted octanol–water partition coefficient (Wildman–Crippen LogP) is 3.76. The standard InChI is InChI=1S/C24H24N4O4S/c1-14-4-8-19(12-15(14)2)28-33(31,32)20-9-5-17(6-10-20)23(29)25-16(3)18-7-11-21-22(13-18)27-24(30)26-21/h4-13,16,28H,1-3H3,(H,25,29)(H2,26,27,30). The Labute approximate surface area is 191 Å². The van der Waals surface area contributed by atoms with Crippen molar-refractivity contribution in [1.82, 2.24) is 15.3 Å². The van der Waals surface area contributed by atoms with Gasteiger partial charge in [-0.3, -0.25) is 9.52 Å². The van der Waals surface area contributed by atoms with Crippen molar-refractivity contribution in [2.45, 2.75) is 31.7 Å². The maximum atomic E-state index is 12.7. The number of hydrogen-bond donors (Lipinski definition) is 4. The van der Waals surface area contributed by atoms with Gasteiger partial charge in [-0.15, -0.1) is 0 Å². The topological polar surface area (TPSA) is 124 Å². The molecule has 0 saturated heterocycles. The zero-order chi connectivity index (χ0) is 23.8. The number of sulfonamides is 1. The van der Waals surface area contributed by atoms with Crippen LogP contribution in [0.15, 0.2) is 70.4 Å². The minimum absolute atomic E-state index is 0.0622. The lowest BCUT2D eigenvalue weighted by atomic mass is 10.1. The van der Waals surface area contributed by atoms with Crippen molar-refractivity contribution in [2.24, 2.45) is 0 Å². The van der Waals surface area contributed by atoms with E-state index in [1.807, 2.05) is 32.9 Å². The van der Waals surface area contributed by atoms with Gasteiger partial charge in [0.15, 0.2) is 0 Å². The number of aromatic nitrogens is 2. The summed E-state index contributed by atoms with van der Waals surface area (Å²) in [5, 5.41) is 2.89. The molecule has 0 saturated carbocycles. The van der Waals surface area contributed by atoms with Gasteiger partial charge in [-0.2, -0.15) is 0 Å². The van der Waals surface area contributed by atoms with Crippen molar-refractivity contribution in [1.29, 1.82) is 0 Å². The number of amides is 1. The lowest BCUT2D eigenvalue weighted by Gasteiger charge is -2.15. The van der Waals surface area contributed by atoms with Crippen molar-refractivity contribution < 1.29 is 13.2 Å². The third-order valence-corrected chi connectivity index (χ3v) is 6.97. The van der Waals surface area contributed by atoms with Crippen molar-refractivity contribution in [3.63, 3.8) is 0 Å². The van der Waals surface area contributed by atoms with Crippen molar-refractivity contribution >= 4 is 32.7 Å². The van der Waals surface area contributed by atoms with Crippen LogP contribution in [0.1, 0.15) is 40.0 Å². The summed E-state index contributed by atoms with van der Waals surface area (Å²) < 4.78 is 28.0. The molecule has 1 atom stereocenters. The summed E-state index contributed by atoms with van der Waals surface area (Å²) in [4.78, 5) is 29.5. The van der Waals surface area contributed by atoms with Gasteiger partial charge in [-0.25, -0.2) is 13.2 Å². The molecule has 33 heavy (non-hydrogen) atoms. The number of benzene rings is 3. The Morgan fingerprint density at radius 3 is 2.27 bits per heavy atom. The Bertz CT molecular complexity index is 1500. The number of hydrogen-bond acceptors (Lipinski definition) is 4. The second kappa shape index (κ2) is 8.59. The maximum Gasteiger partial charge on any atom is 0.323 e. The van der Waals surface area contributed by atoms with Crippen LogP contribution in [0.5, 0.6) is 0 Å². The van der Waals surface area contributed by atoms with Crippen LogP contribution in [0.2, 0.25) is 0 Å². The number of carbonyl (C=O) groups is 1. The largest absolute Gasteiger partial charge is 0.346 e. The van der Waals surface area contributed by atoms with Gasteiger partial charge in [0.1, 0.15) is 0 Å². The molecule has 3 aromatic carbocycles. The molecule has 4 rings (SSSR count). The van der Waals surface area contributed by atoms with Crippen molar-refractivity contribution in [2.75, 3.05) is 4.72 Å². The highest BCUT2D eigenvalue weighted by atomic mass is 32.2. The monoisotopic (exact) mass is 464 g/mol. The van der Waals surface area contributed by atoms with E-state index in [0.29, 0.717) is 22.3 Å². The van der Waals surface area contributed by atoms with Crippen LogP contribution in [0.4, 0.5) is 5.69 Å². The summed E-state index contributed by atoms with van der Waals surface area (Å²) in [5.41, 5.74) is 4.75. The minimum Gasteiger partial charge on any atom is -0.346 e. The third-order valence-electron chi connectivity index (χ3n) is 5.57. The summed E-state index contributed by atoms with van der Waals surface area (Å²) in [7, 11) is -3.78. The molecule has 0 spiro atoms. The number of anilines is 1. The fourth-order valence-corrected chi connectivity index (χ4v) is 4.54. The molecule has 0 fully saturated rings. The highest BCUT2D eigenvalue weighted by Crippen LogP contribution is 2.21. The smallest absolute Gasteiger partial charge is 0.323 e. The summed E-state index contributed by atoms with van der Waals surface area (Å²) in [6.07, 6.45) is 0. The minimum atomic E-state index is -3.78. The van der Waals surface area contributed by atoms with E-state index in [0.717, 1.165) is 16.7 Å². The van der Waals surface area contributed by atoms with Gasteiger partial charge in [0, 0.05) is 11.3 Å². The molecule has 0 aliphatic heterocycles. The molecule has 1 aromatic heterocycles. The average molecular weight is 465 g/mol. The first-order valence-corrected chi connectivity index (χ1v) is 11.8. The van der Waals surface area contributed by atoms with Crippen molar-refractivity contribution in [3.8, 4) is 0 Å².